The number of ether oxygens (including phenoxy) is 1. The van der Waals surface area contributed by atoms with Crippen LogP contribution in [0.1, 0.15) is 43.7 Å². The van der Waals surface area contributed by atoms with Crippen LogP contribution in [0.3, 0.4) is 0 Å². The van der Waals surface area contributed by atoms with Gasteiger partial charge in [0.1, 0.15) is 12.2 Å². The van der Waals surface area contributed by atoms with Crippen LogP contribution in [0.25, 0.3) is 0 Å². The highest BCUT2D eigenvalue weighted by Crippen LogP contribution is 2.33. The van der Waals surface area contributed by atoms with E-state index in [1.807, 2.05) is 10.9 Å². The smallest absolute Gasteiger partial charge is 0.231 e. The predicted molar refractivity (Wildman–Crippen MR) is 116 cm³/mol. The molecule has 1 N–H and O–H groups in total. The lowest BCUT2D eigenvalue weighted by atomic mass is 10.1. The van der Waals surface area contributed by atoms with Crippen LogP contribution in [0, 0.1) is 3.57 Å². The van der Waals surface area contributed by atoms with Crippen molar-refractivity contribution in [3.8, 4) is 0 Å². The molecule has 2 aliphatic heterocycles. The largest absolute Gasteiger partial charge is 0.334 e. The van der Waals surface area contributed by atoms with E-state index >= 15 is 0 Å². The van der Waals surface area contributed by atoms with Crippen molar-refractivity contribution in [3.63, 3.8) is 0 Å². The summed E-state index contributed by atoms with van der Waals surface area (Å²) in [7, 11) is 0. The molecule has 0 saturated carbocycles. The molecule has 2 aliphatic rings. The third-order valence-electron chi connectivity index (χ3n) is 5.13. The molecule has 0 amide bonds. The SMILES string of the molecule is CC(C)c1cnn2c1N(Cc1ccccc1I)C(OC1CCCNC1)N=C2. The molecule has 6 nitrogen and oxygen atoms in total. The van der Waals surface area contributed by atoms with Gasteiger partial charge in [0, 0.05) is 22.2 Å². The van der Waals surface area contributed by atoms with Crippen LogP contribution in [0.4, 0.5) is 5.82 Å². The molecule has 2 aromatic rings. The molecule has 1 saturated heterocycles. The first-order valence-electron chi connectivity index (χ1n) is 9.60. The van der Waals surface area contributed by atoms with Crippen LogP contribution in [0.2, 0.25) is 0 Å². The second-order valence-electron chi connectivity index (χ2n) is 7.44. The summed E-state index contributed by atoms with van der Waals surface area (Å²) in [5.41, 5.74) is 2.50. The van der Waals surface area contributed by atoms with E-state index in [1.165, 1.54) is 14.7 Å². The predicted octanol–water partition coefficient (Wildman–Crippen LogP) is 3.56. The minimum absolute atomic E-state index is 0.190. The van der Waals surface area contributed by atoms with Gasteiger partial charge in [-0.2, -0.15) is 5.10 Å². The Morgan fingerprint density at radius 2 is 2.19 bits per heavy atom. The standard InChI is InChI=1S/C20H26IN5O/c1-14(2)17-11-24-26-13-23-20(27-16-7-5-9-22-10-16)25(19(17)26)12-15-6-3-4-8-18(15)21/h3-4,6,8,11,13-14,16,20,22H,5,7,9-10,12H2,1-2H3. The van der Waals surface area contributed by atoms with Gasteiger partial charge in [0.2, 0.25) is 6.35 Å². The number of fused-ring (bicyclic) bond motifs is 1. The van der Waals surface area contributed by atoms with Gasteiger partial charge in [0.05, 0.1) is 12.3 Å². The van der Waals surface area contributed by atoms with Crippen molar-refractivity contribution >= 4 is 34.7 Å². The highest BCUT2D eigenvalue weighted by Gasteiger charge is 2.31. The summed E-state index contributed by atoms with van der Waals surface area (Å²) in [6.45, 7) is 7.11. The number of rotatable bonds is 5. The zero-order chi connectivity index (χ0) is 18.8. The van der Waals surface area contributed by atoms with Crippen molar-refractivity contribution in [2.24, 2.45) is 4.99 Å². The number of benzene rings is 1. The highest BCUT2D eigenvalue weighted by molar-refractivity contribution is 14.1. The second kappa shape index (κ2) is 8.28. The minimum atomic E-state index is -0.326. The quantitative estimate of drug-likeness (QED) is 0.667. The van der Waals surface area contributed by atoms with Gasteiger partial charge in [-0.3, -0.25) is 0 Å². The Kier molecular flexibility index (Phi) is 5.79. The van der Waals surface area contributed by atoms with Gasteiger partial charge in [-0.15, -0.1) is 0 Å². The van der Waals surface area contributed by atoms with E-state index < -0.39 is 0 Å². The van der Waals surface area contributed by atoms with E-state index in [0.717, 1.165) is 38.3 Å². The maximum atomic E-state index is 6.44. The Labute approximate surface area is 174 Å². The summed E-state index contributed by atoms with van der Waals surface area (Å²) in [4.78, 5) is 6.95. The molecule has 1 fully saturated rings. The fourth-order valence-corrected chi connectivity index (χ4v) is 4.20. The summed E-state index contributed by atoms with van der Waals surface area (Å²) < 4.78 is 9.57. The van der Waals surface area contributed by atoms with E-state index in [0.29, 0.717) is 5.92 Å². The molecule has 27 heavy (non-hydrogen) atoms. The van der Waals surface area contributed by atoms with E-state index in [1.54, 1.807) is 6.34 Å². The topological polar surface area (TPSA) is 54.7 Å². The summed E-state index contributed by atoms with van der Waals surface area (Å²) in [6, 6.07) is 8.48. The van der Waals surface area contributed by atoms with E-state index in [9.17, 15) is 0 Å². The molecule has 2 unspecified atom stereocenters. The average molecular weight is 479 g/mol. The lowest BCUT2D eigenvalue weighted by molar-refractivity contribution is -0.0218. The van der Waals surface area contributed by atoms with Gasteiger partial charge >= 0.3 is 0 Å². The van der Waals surface area contributed by atoms with Crippen molar-refractivity contribution in [2.45, 2.75) is 51.6 Å². The van der Waals surface area contributed by atoms with Crippen LogP contribution < -0.4 is 10.2 Å². The summed E-state index contributed by atoms with van der Waals surface area (Å²) in [6.07, 6.45) is 5.84. The molecule has 144 valence electrons. The van der Waals surface area contributed by atoms with Gasteiger partial charge in [0.15, 0.2) is 0 Å². The number of anilines is 1. The molecule has 0 bridgehead atoms. The monoisotopic (exact) mass is 479 g/mol. The third-order valence-corrected chi connectivity index (χ3v) is 6.18. The lowest BCUT2D eigenvalue weighted by Crippen LogP contribution is -2.46. The number of nitrogens with zero attached hydrogens (tertiary/aromatic N) is 4. The Balaban J connectivity index is 1.67. The van der Waals surface area contributed by atoms with Crippen LogP contribution in [0.5, 0.6) is 0 Å². The number of piperidine rings is 1. The van der Waals surface area contributed by atoms with Crippen molar-refractivity contribution in [1.29, 1.82) is 0 Å². The Morgan fingerprint density at radius 3 is 2.93 bits per heavy atom. The zero-order valence-electron chi connectivity index (χ0n) is 15.8. The highest BCUT2D eigenvalue weighted by atomic mass is 127. The Hall–Kier alpha value is -1.45. The van der Waals surface area contributed by atoms with Crippen LogP contribution in [-0.2, 0) is 11.3 Å². The fourth-order valence-electron chi connectivity index (χ4n) is 3.64. The first-order valence-corrected chi connectivity index (χ1v) is 10.7. The molecule has 4 rings (SSSR count). The van der Waals surface area contributed by atoms with Gasteiger partial charge in [-0.1, -0.05) is 32.0 Å². The minimum Gasteiger partial charge on any atom is -0.334 e. The number of halogens is 1. The summed E-state index contributed by atoms with van der Waals surface area (Å²) in [5, 5.41) is 7.96. The van der Waals surface area contributed by atoms with Crippen molar-refractivity contribution in [1.82, 2.24) is 15.1 Å². The van der Waals surface area contributed by atoms with Crippen molar-refractivity contribution in [3.05, 3.63) is 45.2 Å². The average Bonchev–Trinajstić information content (AvgIpc) is 3.11. The maximum Gasteiger partial charge on any atom is 0.231 e. The Bertz CT molecular complexity index is 812. The number of hydrogen-bond acceptors (Lipinski definition) is 5. The number of nitrogens with one attached hydrogen (secondary N) is 1. The van der Waals surface area contributed by atoms with E-state index in [2.05, 4.69) is 76.0 Å². The van der Waals surface area contributed by atoms with Gasteiger partial charge in [0.25, 0.3) is 0 Å². The lowest BCUT2D eigenvalue weighted by Gasteiger charge is -2.37. The van der Waals surface area contributed by atoms with E-state index in [-0.39, 0.29) is 12.5 Å². The summed E-state index contributed by atoms with van der Waals surface area (Å²) >= 11 is 2.40. The van der Waals surface area contributed by atoms with Crippen LogP contribution >= 0.6 is 22.6 Å². The van der Waals surface area contributed by atoms with Gasteiger partial charge < -0.3 is 15.0 Å². The Morgan fingerprint density at radius 1 is 1.33 bits per heavy atom. The molecule has 1 aromatic heterocycles. The molecular weight excluding hydrogens is 453 g/mol. The number of aliphatic imine (C=N–C) groups is 1. The molecule has 2 atom stereocenters. The molecule has 1 aromatic carbocycles. The molecule has 3 heterocycles. The van der Waals surface area contributed by atoms with Crippen molar-refractivity contribution in [2.75, 3.05) is 18.0 Å². The summed E-state index contributed by atoms with van der Waals surface area (Å²) in [5.74, 6) is 1.48. The number of hydrogen-bond donors (Lipinski definition) is 1. The van der Waals surface area contributed by atoms with Crippen molar-refractivity contribution < 1.29 is 4.74 Å². The molecule has 0 radical (unpaired) electrons. The van der Waals surface area contributed by atoms with Gasteiger partial charge in [-0.05, 0) is 59.5 Å². The van der Waals surface area contributed by atoms with E-state index in [4.69, 9.17) is 9.73 Å². The molecule has 7 heteroatoms. The molecule has 0 aliphatic carbocycles. The second-order valence-corrected chi connectivity index (χ2v) is 8.60. The first kappa shape index (κ1) is 18.9. The first-order chi connectivity index (χ1) is 13.1. The normalized spacial score (nSPS) is 22.3. The molecule has 0 spiro atoms. The number of aromatic nitrogens is 2. The molecular formula is C20H26IN5O. The van der Waals surface area contributed by atoms with Crippen LogP contribution in [0.15, 0.2) is 35.5 Å². The maximum absolute atomic E-state index is 6.44. The zero-order valence-corrected chi connectivity index (χ0v) is 18.0. The van der Waals surface area contributed by atoms with Gasteiger partial charge in [-0.25, -0.2) is 9.67 Å². The van der Waals surface area contributed by atoms with Crippen LogP contribution in [-0.4, -0.2) is 41.7 Å². The third kappa shape index (κ3) is 4.05. The fraction of sp³-hybridized carbons (Fsp3) is 0.500.